The van der Waals surface area contributed by atoms with E-state index >= 15 is 0 Å². The van der Waals surface area contributed by atoms with Crippen molar-refractivity contribution < 1.29 is 0 Å². The Balaban J connectivity index is 0.00000208. The number of nitrogens with one attached hydrogen (secondary N) is 1. The molecule has 1 aliphatic rings. The van der Waals surface area contributed by atoms with Crippen LogP contribution in [0.5, 0.6) is 0 Å². The maximum atomic E-state index is 5.99. The zero-order valence-corrected chi connectivity index (χ0v) is 16.5. The standard InChI is InChI=1S/C17H22ClN5.HI/c18-15-7-5-14(6-8-15)16(23-10-2-9-22-23)12-21-17(19)20-11-13-3-1-4-13;/h2,5-10,13,16H,1,3-4,11-12H2,(H3,19,20,21);1H. The second-order valence-electron chi connectivity index (χ2n) is 5.96. The molecule has 1 fully saturated rings. The van der Waals surface area contributed by atoms with Crippen LogP contribution in [0.4, 0.5) is 0 Å². The first-order valence-electron chi connectivity index (χ1n) is 8.01. The van der Waals surface area contributed by atoms with Crippen LogP contribution in [0.3, 0.4) is 0 Å². The molecule has 0 saturated heterocycles. The number of aliphatic imine (C=N–C) groups is 1. The van der Waals surface area contributed by atoms with E-state index in [0.29, 0.717) is 12.5 Å². The highest BCUT2D eigenvalue weighted by molar-refractivity contribution is 14.0. The fourth-order valence-electron chi connectivity index (χ4n) is 2.68. The van der Waals surface area contributed by atoms with Gasteiger partial charge in [0.1, 0.15) is 0 Å². The molecule has 24 heavy (non-hydrogen) atoms. The number of aromatic nitrogens is 2. The lowest BCUT2D eigenvalue weighted by Crippen LogP contribution is -2.37. The summed E-state index contributed by atoms with van der Waals surface area (Å²) in [5, 5.41) is 8.29. The summed E-state index contributed by atoms with van der Waals surface area (Å²) in [6.07, 6.45) is 7.63. The van der Waals surface area contributed by atoms with Crippen LogP contribution < -0.4 is 11.1 Å². The van der Waals surface area contributed by atoms with E-state index in [9.17, 15) is 0 Å². The number of hydrogen-bond donors (Lipinski definition) is 2. The average molecular weight is 460 g/mol. The minimum atomic E-state index is 0. The van der Waals surface area contributed by atoms with Gasteiger partial charge in [-0.1, -0.05) is 30.2 Å². The van der Waals surface area contributed by atoms with Crippen molar-refractivity contribution in [1.29, 1.82) is 0 Å². The molecule has 1 aliphatic carbocycles. The van der Waals surface area contributed by atoms with Crippen LogP contribution in [-0.4, -0.2) is 28.8 Å². The third-order valence-corrected chi connectivity index (χ3v) is 4.58. The normalized spacial score (nSPS) is 16.1. The minimum absolute atomic E-state index is 0. The number of hydrogen-bond acceptors (Lipinski definition) is 2. The second kappa shape index (κ2) is 9.27. The van der Waals surface area contributed by atoms with E-state index in [-0.39, 0.29) is 30.0 Å². The van der Waals surface area contributed by atoms with Crippen LogP contribution in [0, 0.1) is 5.92 Å². The Morgan fingerprint density at radius 1 is 1.38 bits per heavy atom. The van der Waals surface area contributed by atoms with Crippen molar-refractivity contribution in [2.75, 3.05) is 13.1 Å². The van der Waals surface area contributed by atoms with Crippen LogP contribution in [-0.2, 0) is 0 Å². The molecule has 0 aliphatic heterocycles. The van der Waals surface area contributed by atoms with Crippen molar-refractivity contribution in [1.82, 2.24) is 15.1 Å². The van der Waals surface area contributed by atoms with Gasteiger partial charge in [-0.2, -0.15) is 5.10 Å². The molecule has 0 spiro atoms. The molecule has 1 heterocycles. The predicted molar refractivity (Wildman–Crippen MR) is 109 cm³/mol. The summed E-state index contributed by atoms with van der Waals surface area (Å²) < 4.78 is 1.89. The van der Waals surface area contributed by atoms with Crippen LogP contribution >= 0.6 is 35.6 Å². The van der Waals surface area contributed by atoms with E-state index in [0.717, 1.165) is 23.0 Å². The molecule has 0 bridgehead atoms. The van der Waals surface area contributed by atoms with E-state index in [4.69, 9.17) is 17.3 Å². The molecule has 0 amide bonds. The Hall–Kier alpha value is -1.28. The van der Waals surface area contributed by atoms with E-state index in [1.54, 1.807) is 6.20 Å². The van der Waals surface area contributed by atoms with E-state index in [1.165, 1.54) is 19.3 Å². The Labute approximate surface area is 164 Å². The zero-order chi connectivity index (χ0) is 16.1. The largest absolute Gasteiger partial charge is 0.370 e. The van der Waals surface area contributed by atoms with Gasteiger partial charge in [-0.3, -0.25) is 9.67 Å². The van der Waals surface area contributed by atoms with E-state index in [2.05, 4.69) is 15.4 Å². The van der Waals surface area contributed by atoms with Crippen molar-refractivity contribution in [3.8, 4) is 0 Å². The molecule has 2 aromatic rings. The highest BCUT2D eigenvalue weighted by atomic mass is 127. The maximum absolute atomic E-state index is 5.99. The zero-order valence-electron chi connectivity index (χ0n) is 13.4. The van der Waals surface area contributed by atoms with Gasteiger partial charge in [-0.05, 0) is 42.5 Å². The summed E-state index contributed by atoms with van der Waals surface area (Å²) in [6.45, 7) is 1.45. The van der Waals surface area contributed by atoms with Gasteiger partial charge in [0.25, 0.3) is 0 Å². The molecule has 7 heteroatoms. The van der Waals surface area contributed by atoms with Gasteiger partial charge in [0.05, 0.1) is 12.6 Å². The first kappa shape index (κ1) is 19.1. The van der Waals surface area contributed by atoms with Gasteiger partial charge in [0, 0.05) is 24.0 Å². The van der Waals surface area contributed by atoms with Gasteiger partial charge in [0.15, 0.2) is 5.96 Å². The fourth-order valence-corrected chi connectivity index (χ4v) is 2.80. The predicted octanol–water partition coefficient (Wildman–Crippen LogP) is 3.45. The van der Waals surface area contributed by atoms with Gasteiger partial charge < -0.3 is 11.1 Å². The van der Waals surface area contributed by atoms with Gasteiger partial charge >= 0.3 is 0 Å². The summed E-state index contributed by atoms with van der Waals surface area (Å²) in [7, 11) is 0. The van der Waals surface area contributed by atoms with Crippen molar-refractivity contribution >= 4 is 41.5 Å². The minimum Gasteiger partial charge on any atom is -0.370 e. The third kappa shape index (κ3) is 5.11. The van der Waals surface area contributed by atoms with Crippen molar-refractivity contribution in [3.63, 3.8) is 0 Å². The molecular formula is C17H23ClIN5. The summed E-state index contributed by atoms with van der Waals surface area (Å²) in [5.41, 5.74) is 7.10. The number of nitrogens with two attached hydrogens (primary N) is 1. The van der Waals surface area contributed by atoms with E-state index < -0.39 is 0 Å². The lowest BCUT2D eigenvalue weighted by molar-refractivity contribution is 0.315. The number of benzene rings is 1. The smallest absolute Gasteiger partial charge is 0.188 e. The molecule has 3 rings (SSSR count). The molecule has 5 nitrogen and oxygen atoms in total. The van der Waals surface area contributed by atoms with E-state index in [1.807, 2.05) is 41.2 Å². The monoisotopic (exact) mass is 459 g/mol. The molecule has 1 unspecified atom stereocenters. The van der Waals surface area contributed by atoms with Crippen molar-refractivity contribution in [2.24, 2.45) is 16.6 Å². The molecule has 1 aromatic carbocycles. The average Bonchev–Trinajstić information content (AvgIpc) is 3.02. The molecular weight excluding hydrogens is 437 g/mol. The topological polar surface area (TPSA) is 68.2 Å². The summed E-state index contributed by atoms with van der Waals surface area (Å²) >= 11 is 5.98. The maximum Gasteiger partial charge on any atom is 0.188 e. The first-order valence-corrected chi connectivity index (χ1v) is 8.38. The molecule has 1 saturated carbocycles. The summed E-state index contributed by atoms with van der Waals surface area (Å²) in [5.74, 6) is 1.25. The number of rotatable bonds is 6. The molecule has 3 N–H and O–H groups in total. The quantitative estimate of drug-likeness (QED) is 0.395. The highest BCUT2D eigenvalue weighted by Crippen LogP contribution is 2.25. The van der Waals surface area contributed by atoms with Gasteiger partial charge in [-0.15, -0.1) is 24.0 Å². The van der Waals surface area contributed by atoms with Crippen molar-refractivity contribution in [3.05, 3.63) is 53.3 Å². The number of guanidine groups is 1. The Kier molecular flexibility index (Phi) is 7.36. The third-order valence-electron chi connectivity index (χ3n) is 4.33. The SMILES string of the molecule is I.NC(=NCC(c1ccc(Cl)cc1)n1cccn1)NCC1CCC1. The Morgan fingerprint density at radius 3 is 2.71 bits per heavy atom. The van der Waals surface area contributed by atoms with Gasteiger partial charge in [-0.25, -0.2) is 0 Å². The lowest BCUT2D eigenvalue weighted by atomic mass is 9.85. The van der Waals surface area contributed by atoms with Crippen molar-refractivity contribution in [2.45, 2.75) is 25.3 Å². The molecule has 1 atom stereocenters. The summed E-state index contributed by atoms with van der Waals surface area (Å²) in [6, 6.07) is 9.69. The molecule has 0 radical (unpaired) electrons. The molecule has 1 aromatic heterocycles. The number of halogens is 2. The Bertz CT molecular complexity index is 638. The highest BCUT2D eigenvalue weighted by Gasteiger charge is 2.17. The lowest BCUT2D eigenvalue weighted by Gasteiger charge is -2.25. The van der Waals surface area contributed by atoms with Gasteiger partial charge in [0.2, 0.25) is 0 Å². The fraction of sp³-hybridized carbons (Fsp3) is 0.412. The first-order chi connectivity index (χ1) is 11.2. The molecule has 130 valence electrons. The number of nitrogens with zero attached hydrogens (tertiary/aromatic N) is 3. The van der Waals surface area contributed by atoms with Crippen LogP contribution in [0.2, 0.25) is 5.02 Å². The van der Waals surface area contributed by atoms with Crippen LogP contribution in [0.25, 0.3) is 0 Å². The Morgan fingerprint density at radius 2 is 2.12 bits per heavy atom. The second-order valence-corrected chi connectivity index (χ2v) is 6.39. The van der Waals surface area contributed by atoms with Crippen LogP contribution in [0.1, 0.15) is 30.9 Å². The summed E-state index contributed by atoms with van der Waals surface area (Å²) in [4.78, 5) is 4.50. The van der Waals surface area contributed by atoms with Crippen LogP contribution in [0.15, 0.2) is 47.7 Å².